The summed E-state index contributed by atoms with van der Waals surface area (Å²) in [5.41, 5.74) is 7.34. The van der Waals surface area contributed by atoms with E-state index in [0.29, 0.717) is 5.92 Å². The lowest BCUT2D eigenvalue weighted by atomic mass is 9.73. The number of hydrogen-bond donors (Lipinski definition) is 1. The zero-order valence-corrected chi connectivity index (χ0v) is 11.6. The molecule has 18 heavy (non-hydrogen) atoms. The minimum absolute atomic E-state index is 0.448. The van der Waals surface area contributed by atoms with Gasteiger partial charge in [-0.3, -0.25) is 0 Å². The van der Waals surface area contributed by atoms with E-state index in [4.69, 9.17) is 10.5 Å². The van der Waals surface area contributed by atoms with Crippen LogP contribution in [0.25, 0.3) is 0 Å². The molecular formula is C16H25NO. The molecule has 0 spiro atoms. The Kier molecular flexibility index (Phi) is 4.65. The minimum Gasteiger partial charge on any atom is -0.496 e. The Hall–Kier alpha value is -1.02. The molecule has 2 rings (SSSR count). The Bertz CT molecular complexity index is 377. The summed E-state index contributed by atoms with van der Waals surface area (Å²) in [6, 6.07) is 8.34. The highest BCUT2D eigenvalue weighted by atomic mass is 16.5. The number of hydrogen-bond acceptors (Lipinski definition) is 2. The topological polar surface area (TPSA) is 35.2 Å². The summed E-state index contributed by atoms with van der Waals surface area (Å²) >= 11 is 0. The first-order valence-corrected chi connectivity index (χ1v) is 7.09. The third kappa shape index (κ3) is 2.86. The third-order valence-electron chi connectivity index (χ3n) is 4.34. The molecule has 1 saturated carbocycles. The molecule has 0 aromatic heterocycles. The van der Waals surface area contributed by atoms with Crippen molar-refractivity contribution in [3.8, 4) is 5.75 Å². The van der Waals surface area contributed by atoms with Crippen LogP contribution in [-0.4, -0.2) is 13.7 Å². The van der Waals surface area contributed by atoms with Crippen LogP contribution >= 0.6 is 0 Å². The number of rotatable bonds is 4. The highest BCUT2D eigenvalue weighted by molar-refractivity contribution is 5.37. The Labute approximate surface area is 111 Å². The molecule has 3 atom stereocenters. The van der Waals surface area contributed by atoms with E-state index in [0.717, 1.165) is 24.1 Å². The van der Waals surface area contributed by atoms with Crippen molar-refractivity contribution in [2.45, 2.75) is 38.5 Å². The average Bonchev–Trinajstić information content (AvgIpc) is 2.40. The SMILES string of the molecule is COc1ccccc1C(CN)C1CCCC(C)C1. The normalized spacial score (nSPS) is 25.7. The molecule has 0 aliphatic heterocycles. The first kappa shape index (κ1) is 13.4. The lowest BCUT2D eigenvalue weighted by Crippen LogP contribution is -2.26. The van der Waals surface area contributed by atoms with Crippen LogP contribution in [0.3, 0.4) is 0 Å². The second-order valence-corrected chi connectivity index (χ2v) is 5.62. The summed E-state index contributed by atoms with van der Waals surface area (Å²) < 4.78 is 5.49. The van der Waals surface area contributed by atoms with E-state index in [1.165, 1.54) is 31.2 Å². The standard InChI is InChI=1S/C16H25NO/c1-12-6-5-7-13(10-12)15(11-17)14-8-3-4-9-16(14)18-2/h3-4,8-9,12-13,15H,5-7,10-11,17H2,1-2H3. The summed E-state index contributed by atoms with van der Waals surface area (Å²) in [6.45, 7) is 3.08. The highest BCUT2D eigenvalue weighted by Gasteiger charge is 2.28. The maximum Gasteiger partial charge on any atom is 0.122 e. The van der Waals surface area contributed by atoms with Crippen LogP contribution in [0.1, 0.15) is 44.1 Å². The van der Waals surface area contributed by atoms with Crippen LogP contribution in [0.4, 0.5) is 0 Å². The maximum atomic E-state index is 6.05. The number of nitrogens with two attached hydrogens (primary N) is 1. The second kappa shape index (κ2) is 6.24. The van der Waals surface area contributed by atoms with Gasteiger partial charge in [0.05, 0.1) is 7.11 Å². The van der Waals surface area contributed by atoms with Crippen LogP contribution in [0, 0.1) is 11.8 Å². The predicted molar refractivity (Wildman–Crippen MR) is 75.9 cm³/mol. The van der Waals surface area contributed by atoms with Gasteiger partial charge in [-0.2, -0.15) is 0 Å². The molecule has 0 amide bonds. The van der Waals surface area contributed by atoms with E-state index in [1.807, 2.05) is 12.1 Å². The van der Waals surface area contributed by atoms with Crippen molar-refractivity contribution < 1.29 is 4.74 Å². The number of benzene rings is 1. The molecule has 100 valence electrons. The number of ether oxygens (including phenoxy) is 1. The monoisotopic (exact) mass is 247 g/mol. The van der Waals surface area contributed by atoms with Crippen molar-refractivity contribution >= 4 is 0 Å². The van der Waals surface area contributed by atoms with E-state index in [-0.39, 0.29) is 0 Å². The summed E-state index contributed by atoms with van der Waals surface area (Å²) in [4.78, 5) is 0. The Morgan fingerprint density at radius 1 is 1.33 bits per heavy atom. The Morgan fingerprint density at radius 2 is 2.11 bits per heavy atom. The van der Waals surface area contributed by atoms with Gasteiger partial charge < -0.3 is 10.5 Å². The van der Waals surface area contributed by atoms with Crippen molar-refractivity contribution in [1.29, 1.82) is 0 Å². The van der Waals surface area contributed by atoms with E-state index < -0.39 is 0 Å². The molecular weight excluding hydrogens is 222 g/mol. The van der Waals surface area contributed by atoms with Gasteiger partial charge in [0.25, 0.3) is 0 Å². The summed E-state index contributed by atoms with van der Waals surface area (Å²) in [6.07, 6.45) is 5.33. The quantitative estimate of drug-likeness (QED) is 0.883. The van der Waals surface area contributed by atoms with Crippen molar-refractivity contribution in [2.24, 2.45) is 17.6 Å². The van der Waals surface area contributed by atoms with Crippen LogP contribution in [0.2, 0.25) is 0 Å². The van der Waals surface area contributed by atoms with Gasteiger partial charge in [0, 0.05) is 5.92 Å². The van der Waals surface area contributed by atoms with Gasteiger partial charge in [0.15, 0.2) is 0 Å². The van der Waals surface area contributed by atoms with Crippen molar-refractivity contribution in [3.63, 3.8) is 0 Å². The molecule has 1 aromatic carbocycles. The number of para-hydroxylation sites is 1. The maximum absolute atomic E-state index is 6.05. The Morgan fingerprint density at radius 3 is 2.78 bits per heavy atom. The fraction of sp³-hybridized carbons (Fsp3) is 0.625. The summed E-state index contributed by atoms with van der Waals surface area (Å²) in [5, 5.41) is 0. The van der Waals surface area contributed by atoms with Crippen LogP contribution < -0.4 is 10.5 Å². The van der Waals surface area contributed by atoms with Crippen molar-refractivity contribution in [2.75, 3.05) is 13.7 Å². The summed E-state index contributed by atoms with van der Waals surface area (Å²) in [5.74, 6) is 3.00. The molecule has 3 unspecified atom stereocenters. The average molecular weight is 247 g/mol. The first-order valence-electron chi connectivity index (χ1n) is 7.09. The van der Waals surface area contributed by atoms with Gasteiger partial charge in [-0.05, 0) is 42.9 Å². The molecule has 1 aromatic rings. The zero-order valence-electron chi connectivity index (χ0n) is 11.6. The van der Waals surface area contributed by atoms with Gasteiger partial charge in [-0.15, -0.1) is 0 Å². The van der Waals surface area contributed by atoms with Crippen molar-refractivity contribution in [3.05, 3.63) is 29.8 Å². The van der Waals surface area contributed by atoms with Gasteiger partial charge in [0.2, 0.25) is 0 Å². The summed E-state index contributed by atoms with van der Waals surface area (Å²) in [7, 11) is 1.75. The molecule has 0 heterocycles. The van der Waals surface area contributed by atoms with E-state index in [2.05, 4.69) is 19.1 Å². The molecule has 1 fully saturated rings. The van der Waals surface area contributed by atoms with Crippen LogP contribution in [0.15, 0.2) is 24.3 Å². The molecule has 2 nitrogen and oxygen atoms in total. The molecule has 2 N–H and O–H groups in total. The first-order chi connectivity index (χ1) is 8.76. The van der Waals surface area contributed by atoms with Crippen LogP contribution in [0.5, 0.6) is 5.75 Å². The molecule has 1 aliphatic carbocycles. The van der Waals surface area contributed by atoms with E-state index in [9.17, 15) is 0 Å². The molecule has 1 aliphatic rings. The molecule has 0 radical (unpaired) electrons. The van der Waals surface area contributed by atoms with Gasteiger partial charge in [-0.25, -0.2) is 0 Å². The smallest absolute Gasteiger partial charge is 0.122 e. The minimum atomic E-state index is 0.448. The van der Waals surface area contributed by atoms with Crippen LogP contribution in [-0.2, 0) is 0 Å². The van der Waals surface area contributed by atoms with Crippen molar-refractivity contribution in [1.82, 2.24) is 0 Å². The highest BCUT2D eigenvalue weighted by Crippen LogP contribution is 2.40. The fourth-order valence-corrected chi connectivity index (χ4v) is 3.39. The van der Waals surface area contributed by atoms with Gasteiger partial charge in [-0.1, -0.05) is 38.0 Å². The van der Waals surface area contributed by atoms with E-state index >= 15 is 0 Å². The van der Waals surface area contributed by atoms with Gasteiger partial charge in [0.1, 0.15) is 5.75 Å². The predicted octanol–water partition coefficient (Wildman–Crippen LogP) is 3.56. The molecule has 2 heteroatoms. The zero-order chi connectivity index (χ0) is 13.0. The number of methoxy groups -OCH3 is 1. The lowest BCUT2D eigenvalue weighted by Gasteiger charge is -2.33. The van der Waals surface area contributed by atoms with E-state index in [1.54, 1.807) is 7.11 Å². The lowest BCUT2D eigenvalue weighted by molar-refractivity contribution is 0.245. The second-order valence-electron chi connectivity index (χ2n) is 5.62. The van der Waals surface area contributed by atoms with Gasteiger partial charge >= 0.3 is 0 Å². The Balaban J connectivity index is 2.21. The fourth-order valence-electron chi connectivity index (χ4n) is 3.39. The molecule has 0 bridgehead atoms. The largest absolute Gasteiger partial charge is 0.496 e. The third-order valence-corrected chi connectivity index (χ3v) is 4.34. The molecule has 0 saturated heterocycles.